The van der Waals surface area contributed by atoms with Crippen molar-refractivity contribution < 1.29 is 13.2 Å². The smallest absolute Gasteiger partial charge is 0.244 e. The lowest BCUT2D eigenvalue weighted by atomic mass is 10.0. The number of sulfonamides is 1. The van der Waals surface area contributed by atoms with E-state index in [1.165, 1.54) is 21.9 Å². The Morgan fingerprint density at radius 3 is 2.47 bits per heavy atom. The summed E-state index contributed by atoms with van der Waals surface area (Å²) in [6.45, 7) is 7.57. The Morgan fingerprint density at radius 1 is 1.10 bits per heavy atom. The van der Waals surface area contributed by atoms with Crippen molar-refractivity contribution in [2.75, 3.05) is 10.6 Å². The lowest BCUT2D eigenvalue weighted by molar-refractivity contribution is -0.122. The number of anilines is 1. The topological polar surface area (TPSA) is 66.5 Å². The molecule has 1 N–H and O–H groups in total. The summed E-state index contributed by atoms with van der Waals surface area (Å²) < 4.78 is 26.7. The lowest BCUT2D eigenvalue weighted by Crippen LogP contribution is -2.50. The largest absolute Gasteiger partial charge is 0.348 e. The highest BCUT2D eigenvalue weighted by Gasteiger charge is 2.33. The molecule has 3 rings (SSSR count). The van der Waals surface area contributed by atoms with Gasteiger partial charge in [0.25, 0.3) is 0 Å². The standard InChI is InChI=1S/C24H32N2O3S/c1-6-22(26(30(5,28)29)23-14-16(2)10-11-17(23)3)24(27)25-18(4)20-13-12-19-8-7-9-21(19)15-20/h10-15,18,22H,6-9H2,1-5H3,(H,25,27)/t18-,22-/m0/s1. The molecule has 0 spiro atoms. The Balaban J connectivity index is 1.88. The van der Waals surface area contributed by atoms with Crippen LogP contribution in [-0.2, 0) is 27.7 Å². The second-order valence-corrected chi connectivity index (χ2v) is 10.2. The molecule has 0 bridgehead atoms. The maximum absolute atomic E-state index is 13.2. The van der Waals surface area contributed by atoms with Gasteiger partial charge in [-0.1, -0.05) is 37.3 Å². The molecule has 2 aromatic carbocycles. The minimum absolute atomic E-state index is 0.197. The van der Waals surface area contributed by atoms with Crippen LogP contribution in [0.1, 0.15) is 60.5 Å². The van der Waals surface area contributed by atoms with Crippen LogP contribution in [0.15, 0.2) is 36.4 Å². The van der Waals surface area contributed by atoms with Gasteiger partial charge < -0.3 is 5.32 Å². The lowest BCUT2D eigenvalue weighted by Gasteiger charge is -2.32. The SMILES string of the molecule is CC[C@@H](C(=O)N[C@@H](C)c1ccc2c(c1)CCC2)N(c1cc(C)ccc1C)S(C)(=O)=O. The molecule has 6 heteroatoms. The Kier molecular flexibility index (Phi) is 6.56. The molecule has 0 saturated carbocycles. The predicted octanol–water partition coefficient (Wildman–Crippen LogP) is 4.21. The molecule has 162 valence electrons. The fourth-order valence-electron chi connectivity index (χ4n) is 4.25. The molecule has 0 radical (unpaired) electrons. The average Bonchev–Trinajstić information content (AvgIpc) is 3.14. The second kappa shape index (κ2) is 8.80. The highest BCUT2D eigenvalue weighted by Crippen LogP contribution is 2.29. The van der Waals surface area contributed by atoms with Gasteiger partial charge in [-0.15, -0.1) is 0 Å². The number of rotatable bonds is 7. The summed E-state index contributed by atoms with van der Waals surface area (Å²) in [5, 5.41) is 3.05. The number of hydrogen-bond acceptors (Lipinski definition) is 3. The molecule has 1 amide bonds. The van der Waals surface area contributed by atoms with Crippen molar-refractivity contribution in [1.82, 2.24) is 5.32 Å². The number of nitrogens with zero attached hydrogens (tertiary/aromatic N) is 1. The molecule has 0 saturated heterocycles. The van der Waals surface area contributed by atoms with Crippen molar-refractivity contribution in [1.29, 1.82) is 0 Å². The van der Waals surface area contributed by atoms with Crippen LogP contribution in [-0.4, -0.2) is 26.6 Å². The van der Waals surface area contributed by atoms with Crippen molar-refractivity contribution >= 4 is 21.6 Å². The number of carbonyl (C=O) groups is 1. The third kappa shape index (κ3) is 4.69. The van der Waals surface area contributed by atoms with E-state index in [2.05, 4.69) is 23.5 Å². The van der Waals surface area contributed by atoms with E-state index in [4.69, 9.17) is 0 Å². The first-order chi connectivity index (χ1) is 14.1. The monoisotopic (exact) mass is 428 g/mol. The molecule has 0 unspecified atom stereocenters. The van der Waals surface area contributed by atoms with Crippen LogP contribution >= 0.6 is 0 Å². The van der Waals surface area contributed by atoms with Gasteiger partial charge >= 0.3 is 0 Å². The van der Waals surface area contributed by atoms with Gasteiger partial charge in [0.05, 0.1) is 18.0 Å². The van der Waals surface area contributed by atoms with E-state index in [0.717, 1.165) is 35.8 Å². The van der Waals surface area contributed by atoms with E-state index in [1.54, 1.807) is 0 Å². The Morgan fingerprint density at radius 2 is 1.80 bits per heavy atom. The van der Waals surface area contributed by atoms with Gasteiger partial charge in [-0.25, -0.2) is 8.42 Å². The van der Waals surface area contributed by atoms with E-state index in [9.17, 15) is 13.2 Å². The first kappa shape index (κ1) is 22.3. The number of nitrogens with one attached hydrogen (secondary N) is 1. The Hall–Kier alpha value is -2.34. The zero-order chi connectivity index (χ0) is 22.1. The molecular formula is C24H32N2O3S. The van der Waals surface area contributed by atoms with Gasteiger partial charge in [-0.3, -0.25) is 9.10 Å². The van der Waals surface area contributed by atoms with E-state index < -0.39 is 16.1 Å². The van der Waals surface area contributed by atoms with Gasteiger partial charge in [-0.05, 0) is 80.3 Å². The number of carbonyl (C=O) groups excluding carboxylic acids is 1. The van der Waals surface area contributed by atoms with Crippen LogP contribution in [0.4, 0.5) is 5.69 Å². The fourth-order valence-corrected chi connectivity index (χ4v) is 5.51. The fraction of sp³-hybridized carbons (Fsp3) is 0.458. The van der Waals surface area contributed by atoms with Crippen molar-refractivity contribution in [3.05, 3.63) is 64.2 Å². The maximum Gasteiger partial charge on any atom is 0.244 e. The van der Waals surface area contributed by atoms with Crippen molar-refractivity contribution in [3.8, 4) is 0 Å². The highest BCUT2D eigenvalue weighted by molar-refractivity contribution is 7.92. The van der Waals surface area contributed by atoms with E-state index in [-0.39, 0.29) is 11.9 Å². The third-order valence-corrected chi connectivity index (χ3v) is 7.08. The number of aryl methyl sites for hydroxylation is 4. The average molecular weight is 429 g/mol. The maximum atomic E-state index is 13.2. The van der Waals surface area contributed by atoms with Crippen molar-refractivity contribution in [3.63, 3.8) is 0 Å². The molecule has 0 heterocycles. The molecular weight excluding hydrogens is 396 g/mol. The molecule has 1 aliphatic rings. The first-order valence-corrected chi connectivity index (χ1v) is 12.5. The number of fused-ring (bicyclic) bond motifs is 1. The van der Waals surface area contributed by atoms with Crippen LogP contribution in [0, 0.1) is 13.8 Å². The number of amides is 1. The van der Waals surface area contributed by atoms with Crippen molar-refractivity contribution in [2.45, 2.75) is 65.5 Å². The zero-order valence-corrected chi connectivity index (χ0v) is 19.3. The van der Waals surface area contributed by atoms with Crippen LogP contribution in [0.25, 0.3) is 0 Å². The summed E-state index contributed by atoms with van der Waals surface area (Å²) in [5.41, 5.74) is 6.13. The zero-order valence-electron chi connectivity index (χ0n) is 18.5. The minimum Gasteiger partial charge on any atom is -0.348 e. The summed E-state index contributed by atoms with van der Waals surface area (Å²) in [4.78, 5) is 13.2. The first-order valence-electron chi connectivity index (χ1n) is 10.6. The minimum atomic E-state index is -3.65. The van der Waals surface area contributed by atoms with Gasteiger partial charge in [0.1, 0.15) is 6.04 Å². The van der Waals surface area contributed by atoms with Crippen molar-refractivity contribution in [2.24, 2.45) is 0 Å². The van der Waals surface area contributed by atoms with Gasteiger partial charge in [0, 0.05) is 0 Å². The summed E-state index contributed by atoms with van der Waals surface area (Å²) in [5.74, 6) is -0.281. The molecule has 1 aliphatic carbocycles. The molecule has 30 heavy (non-hydrogen) atoms. The van der Waals surface area contributed by atoms with Crippen LogP contribution in [0.3, 0.4) is 0 Å². The van der Waals surface area contributed by atoms with E-state index >= 15 is 0 Å². The highest BCUT2D eigenvalue weighted by atomic mass is 32.2. The molecule has 0 fully saturated rings. The normalized spacial score (nSPS) is 15.4. The molecule has 0 aromatic heterocycles. The molecule has 2 atom stereocenters. The molecule has 2 aromatic rings. The number of hydrogen-bond donors (Lipinski definition) is 1. The van der Waals surface area contributed by atoms with Gasteiger partial charge in [-0.2, -0.15) is 0 Å². The molecule has 0 aliphatic heterocycles. The van der Waals surface area contributed by atoms with Gasteiger partial charge in [0.2, 0.25) is 15.9 Å². The van der Waals surface area contributed by atoms with Crippen LogP contribution in [0.5, 0.6) is 0 Å². The van der Waals surface area contributed by atoms with E-state index in [1.807, 2.05) is 45.9 Å². The quantitative estimate of drug-likeness (QED) is 0.718. The third-order valence-electron chi connectivity index (χ3n) is 5.91. The summed E-state index contributed by atoms with van der Waals surface area (Å²) >= 11 is 0. The van der Waals surface area contributed by atoms with Gasteiger partial charge in [0.15, 0.2) is 0 Å². The summed E-state index contributed by atoms with van der Waals surface area (Å²) in [6.07, 6.45) is 4.91. The Labute approximate surface area is 180 Å². The summed E-state index contributed by atoms with van der Waals surface area (Å²) in [7, 11) is -3.65. The van der Waals surface area contributed by atoms with Crippen LogP contribution in [0.2, 0.25) is 0 Å². The number of benzene rings is 2. The predicted molar refractivity (Wildman–Crippen MR) is 122 cm³/mol. The van der Waals surface area contributed by atoms with E-state index in [0.29, 0.717) is 12.1 Å². The summed E-state index contributed by atoms with van der Waals surface area (Å²) in [6, 6.07) is 11.0. The Bertz CT molecular complexity index is 1050. The second-order valence-electron chi connectivity index (χ2n) is 8.38. The molecule has 5 nitrogen and oxygen atoms in total. The van der Waals surface area contributed by atoms with Crippen LogP contribution < -0.4 is 9.62 Å².